The zero-order valence-electron chi connectivity index (χ0n) is 10.3. The summed E-state index contributed by atoms with van der Waals surface area (Å²) in [5.41, 5.74) is 0. The zero-order chi connectivity index (χ0) is 12.4. The van der Waals surface area contributed by atoms with Crippen molar-refractivity contribution in [2.24, 2.45) is 5.92 Å². The van der Waals surface area contributed by atoms with E-state index in [-0.39, 0.29) is 11.9 Å². The number of aliphatic carboxylic acids is 1. The maximum absolute atomic E-state index is 12.2. The number of likely N-dealkylation sites (tertiary alicyclic amines) is 1. The van der Waals surface area contributed by atoms with E-state index in [1.807, 2.05) is 11.8 Å². The molecule has 0 spiro atoms. The van der Waals surface area contributed by atoms with Gasteiger partial charge < -0.3 is 14.9 Å². The van der Waals surface area contributed by atoms with Crippen molar-refractivity contribution in [3.8, 4) is 0 Å². The number of nitrogens with zero attached hydrogens (tertiary/aromatic N) is 2. The highest BCUT2D eigenvalue weighted by Crippen LogP contribution is 2.26. The SMILES string of the molecule is CCN(C(=O)N1CC(C(=O)O)C1)C1CCCC1. The van der Waals surface area contributed by atoms with Gasteiger partial charge in [0.25, 0.3) is 0 Å². The van der Waals surface area contributed by atoms with Gasteiger partial charge in [0, 0.05) is 25.7 Å². The average Bonchev–Trinajstić information content (AvgIpc) is 2.69. The molecule has 5 nitrogen and oxygen atoms in total. The Kier molecular flexibility index (Phi) is 3.54. The standard InChI is InChI=1S/C12H20N2O3/c1-2-14(10-5-3-4-6-10)12(17)13-7-9(8-13)11(15)16/h9-10H,2-8H2,1H3,(H,15,16). The minimum Gasteiger partial charge on any atom is -0.481 e. The van der Waals surface area contributed by atoms with Crippen LogP contribution in [-0.4, -0.2) is 52.6 Å². The minimum absolute atomic E-state index is 0.0249. The summed E-state index contributed by atoms with van der Waals surface area (Å²) >= 11 is 0. The topological polar surface area (TPSA) is 60.9 Å². The summed E-state index contributed by atoms with van der Waals surface area (Å²) in [5, 5.41) is 8.79. The third-order valence-electron chi connectivity index (χ3n) is 3.85. The van der Waals surface area contributed by atoms with Crippen LogP contribution in [0.2, 0.25) is 0 Å². The van der Waals surface area contributed by atoms with E-state index >= 15 is 0 Å². The lowest BCUT2D eigenvalue weighted by atomic mass is 10.0. The van der Waals surface area contributed by atoms with Crippen LogP contribution < -0.4 is 0 Å². The molecule has 0 aromatic rings. The number of carbonyl (C=O) groups is 2. The molecule has 1 N–H and O–H groups in total. The summed E-state index contributed by atoms with van der Waals surface area (Å²) < 4.78 is 0. The van der Waals surface area contributed by atoms with Crippen molar-refractivity contribution in [2.75, 3.05) is 19.6 Å². The van der Waals surface area contributed by atoms with Crippen molar-refractivity contribution < 1.29 is 14.7 Å². The molecular formula is C12H20N2O3. The molecule has 0 atom stereocenters. The number of hydrogen-bond donors (Lipinski definition) is 1. The first-order valence-electron chi connectivity index (χ1n) is 6.41. The quantitative estimate of drug-likeness (QED) is 0.810. The Hall–Kier alpha value is -1.26. The Morgan fingerprint density at radius 2 is 1.88 bits per heavy atom. The number of hydrogen-bond acceptors (Lipinski definition) is 2. The maximum Gasteiger partial charge on any atom is 0.320 e. The first-order chi connectivity index (χ1) is 8.13. The fourth-order valence-corrected chi connectivity index (χ4v) is 2.74. The molecule has 1 saturated carbocycles. The molecule has 2 rings (SSSR count). The summed E-state index contributed by atoms with van der Waals surface area (Å²) in [4.78, 5) is 26.4. The molecule has 96 valence electrons. The smallest absolute Gasteiger partial charge is 0.320 e. The van der Waals surface area contributed by atoms with Gasteiger partial charge in [0.2, 0.25) is 0 Å². The number of rotatable bonds is 3. The summed E-state index contributed by atoms with van der Waals surface area (Å²) in [5.74, 6) is -1.15. The number of carboxylic acid groups (broad SMARTS) is 1. The van der Waals surface area contributed by atoms with Crippen molar-refractivity contribution in [1.29, 1.82) is 0 Å². The van der Waals surface area contributed by atoms with Crippen LogP contribution in [0.5, 0.6) is 0 Å². The van der Waals surface area contributed by atoms with Crippen LogP contribution in [0.1, 0.15) is 32.6 Å². The lowest BCUT2D eigenvalue weighted by molar-refractivity contribution is -0.146. The van der Waals surface area contributed by atoms with Crippen molar-refractivity contribution in [3.63, 3.8) is 0 Å². The molecule has 1 saturated heterocycles. The number of amides is 2. The van der Waals surface area contributed by atoms with E-state index in [0.717, 1.165) is 19.4 Å². The number of carbonyl (C=O) groups excluding carboxylic acids is 1. The third kappa shape index (κ3) is 2.37. The first-order valence-corrected chi connectivity index (χ1v) is 6.41. The summed E-state index contributed by atoms with van der Waals surface area (Å²) in [6.07, 6.45) is 4.59. The normalized spacial score (nSPS) is 21.4. The molecule has 0 bridgehead atoms. The van der Waals surface area contributed by atoms with Gasteiger partial charge >= 0.3 is 12.0 Å². The van der Waals surface area contributed by atoms with E-state index in [1.54, 1.807) is 4.90 Å². The van der Waals surface area contributed by atoms with Crippen molar-refractivity contribution in [1.82, 2.24) is 9.80 Å². The van der Waals surface area contributed by atoms with E-state index in [1.165, 1.54) is 12.8 Å². The van der Waals surface area contributed by atoms with E-state index in [4.69, 9.17) is 5.11 Å². The second-order valence-electron chi connectivity index (χ2n) is 4.95. The van der Waals surface area contributed by atoms with Crippen molar-refractivity contribution in [2.45, 2.75) is 38.6 Å². The number of carboxylic acids is 1. The number of urea groups is 1. The lowest BCUT2D eigenvalue weighted by Gasteiger charge is -2.41. The highest BCUT2D eigenvalue weighted by Gasteiger charge is 2.39. The molecule has 0 aromatic carbocycles. The van der Waals surface area contributed by atoms with E-state index in [9.17, 15) is 9.59 Å². The molecule has 0 aromatic heterocycles. The molecule has 1 aliphatic carbocycles. The molecule has 0 radical (unpaired) electrons. The highest BCUT2D eigenvalue weighted by atomic mass is 16.4. The fraction of sp³-hybridized carbons (Fsp3) is 0.833. The summed E-state index contributed by atoms with van der Waals surface area (Å²) in [6.45, 7) is 3.46. The molecule has 5 heteroatoms. The largest absolute Gasteiger partial charge is 0.481 e. The van der Waals surface area contributed by atoms with Crippen LogP contribution in [-0.2, 0) is 4.79 Å². The van der Waals surface area contributed by atoms with Crippen molar-refractivity contribution in [3.05, 3.63) is 0 Å². The molecule has 0 unspecified atom stereocenters. The Balaban J connectivity index is 1.88. The van der Waals surface area contributed by atoms with Gasteiger partial charge in [0.15, 0.2) is 0 Å². The average molecular weight is 240 g/mol. The summed E-state index contributed by atoms with van der Waals surface area (Å²) in [7, 11) is 0. The van der Waals surface area contributed by atoms with Crippen LogP contribution in [0.3, 0.4) is 0 Å². The Morgan fingerprint density at radius 3 is 2.35 bits per heavy atom. The Bertz CT molecular complexity index is 307. The third-order valence-corrected chi connectivity index (χ3v) is 3.85. The van der Waals surface area contributed by atoms with Gasteiger partial charge in [-0.25, -0.2) is 4.79 Å². The van der Waals surface area contributed by atoms with Crippen LogP contribution >= 0.6 is 0 Å². The zero-order valence-corrected chi connectivity index (χ0v) is 10.3. The van der Waals surface area contributed by atoms with E-state index < -0.39 is 5.97 Å². The molecule has 2 fully saturated rings. The van der Waals surface area contributed by atoms with Crippen molar-refractivity contribution >= 4 is 12.0 Å². The van der Waals surface area contributed by atoms with Crippen LogP contribution in [0.25, 0.3) is 0 Å². The van der Waals surface area contributed by atoms with Crippen LogP contribution in [0, 0.1) is 5.92 Å². The molecule has 2 aliphatic rings. The molecule has 1 heterocycles. The molecule has 17 heavy (non-hydrogen) atoms. The van der Waals surface area contributed by atoms with Gasteiger partial charge in [-0.1, -0.05) is 12.8 Å². The van der Waals surface area contributed by atoms with Gasteiger partial charge in [-0.05, 0) is 19.8 Å². The second-order valence-corrected chi connectivity index (χ2v) is 4.95. The maximum atomic E-state index is 12.2. The minimum atomic E-state index is -0.794. The Labute approximate surface area is 101 Å². The lowest BCUT2D eigenvalue weighted by Crippen LogP contribution is -2.58. The summed E-state index contributed by atoms with van der Waals surface area (Å²) in [6, 6.07) is 0.397. The Morgan fingerprint density at radius 1 is 1.29 bits per heavy atom. The highest BCUT2D eigenvalue weighted by molar-refractivity contribution is 5.80. The van der Waals surface area contributed by atoms with Crippen LogP contribution in [0.15, 0.2) is 0 Å². The monoisotopic (exact) mass is 240 g/mol. The molecule has 2 amide bonds. The van der Waals surface area contributed by atoms with Gasteiger partial charge in [-0.2, -0.15) is 0 Å². The van der Waals surface area contributed by atoms with Gasteiger partial charge in [0.1, 0.15) is 0 Å². The van der Waals surface area contributed by atoms with Gasteiger partial charge in [-0.3, -0.25) is 4.79 Å². The predicted molar refractivity (Wildman–Crippen MR) is 62.7 cm³/mol. The molecular weight excluding hydrogens is 220 g/mol. The fourth-order valence-electron chi connectivity index (χ4n) is 2.74. The predicted octanol–water partition coefficient (Wildman–Crippen LogP) is 1.39. The van der Waals surface area contributed by atoms with Gasteiger partial charge in [0.05, 0.1) is 5.92 Å². The second kappa shape index (κ2) is 4.94. The van der Waals surface area contributed by atoms with E-state index in [2.05, 4.69) is 0 Å². The van der Waals surface area contributed by atoms with E-state index in [0.29, 0.717) is 19.1 Å². The molecule has 1 aliphatic heterocycles. The van der Waals surface area contributed by atoms with Crippen LogP contribution in [0.4, 0.5) is 4.79 Å². The van der Waals surface area contributed by atoms with Gasteiger partial charge in [-0.15, -0.1) is 0 Å². The first kappa shape index (κ1) is 12.2.